The van der Waals surface area contributed by atoms with Crippen LogP contribution in [0.5, 0.6) is 0 Å². The summed E-state index contributed by atoms with van der Waals surface area (Å²) in [5, 5.41) is 3.88. The number of halogens is 3. The highest BCUT2D eigenvalue weighted by Gasteiger charge is 2.30. The fourth-order valence-electron chi connectivity index (χ4n) is 2.49. The molecule has 0 bridgehead atoms. The van der Waals surface area contributed by atoms with Gasteiger partial charge in [-0.15, -0.1) is 0 Å². The first kappa shape index (κ1) is 13.8. The average Bonchev–Trinajstić information content (AvgIpc) is 2.39. The van der Waals surface area contributed by atoms with Crippen molar-refractivity contribution in [3.63, 3.8) is 0 Å². The van der Waals surface area contributed by atoms with Gasteiger partial charge in [0.1, 0.15) is 5.82 Å². The zero-order valence-corrected chi connectivity index (χ0v) is 13.0. The summed E-state index contributed by atoms with van der Waals surface area (Å²) in [6.45, 7) is 0. The lowest BCUT2D eigenvalue weighted by Gasteiger charge is -2.37. The van der Waals surface area contributed by atoms with E-state index in [1.165, 1.54) is 17.7 Å². The molecule has 0 radical (unpaired) electrons. The Morgan fingerprint density at radius 1 is 1.25 bits per heavy atom. The molecule has 1 heterocycles. The average molecular weight is 356 g/mol. The van der Waals surface area contributed by atoms with Gasteiger partial charge >= 0.3 is 0 Å². The second-order valence-electron chi connectivity index (χ2n) is 5.05. The van der Waals surface area contributed by atoms with E-state index in [4.69, 9.17) is 11.6 Å². The summed E-state index contributed by atoms with van der Waals surface area (Å²) < 4.78 is 13.8. The van der Waals surface area contributed by atoms with E-state index in [1.807, 2.05) is 18.2 Å². The summed E-state index contributed by atoms with van der Waals surface area (Å²) in [6, 6.07) is 9.09. The summed E-state index contributed by atoms with van der Waals surface area (Å²) in [6.07, 6.45) is 3.72. The monoisotopic (exact) mass is 354 g/mol. The highest BCUT2D eigenvalue weighted by atomic mass is 79.9. The van der Waals surface area contributed by atoms with Crippen LogP contribution in [-0.4, -0.2) is 11.0 Å². The van der Waals surface area contributed by atoms with Crippen molar-refractivity contribution < 1.29 is 4.39 Å². The van der Waals surface area contributed by atoms with Crippen molar-refractivity contribution in [3.8, 4) is 0 Å². The molecule has 2 aromatic rings. The molecule has 1 aromatic carbocycles. The van der Waals surface area contributed by atoms with Gasteiger partial charge in [0.25, 0.3) is 0 Å². The third-order valence-electron chi connectivity index (χ3n) is 3.64. The Labute approximate surface area is 130 Å². The van der Waals surface area contributed by atoms with Crippen LogP contribution in [0, 0.1) is 5.82 Å². The van der Waals surface area contributed by atoms with Crippen LogP contribution in [0.3, 0.4) is 0 Å². The highest BCUT2D eigenvalue weighted by molar-refractivity contribution is 9.10. The summed E-state index contributed by atoms with van der Waals surface area (Å²) in [4.78, 5) is 4.09. The Balaban J connectivity index is 1.60. The molecular weight excluding hydrogens is 343 g/mol. The molecule has 0 aliphatic heterocycles. The van der Waals surface area contributed by atoms with Crippen molar-refractivity contribution in [1.82, 2.24) is 4.98 Å². The molecule has 1 saturated carbocycles. The van der Waals surface area contributed by atoms with Crippen LogP contribution in [-0.2, 0) is 0 Å². The van der Waals surface area contributed by atoms with Crippen molar-refractivity contribution >= 4 is 33.2 Å². The molecule has 1 aromatic heterocycles. The topological polar surface area (TPSA) is 24.9 Å². The predicted molar refractivity (Wildman–Crippen MR) is 82.7 cm³/mol. The Morgan fingerprint density at radius 2 is 1.95 bits per heavy atom. The first-order valence-corrected chi connectivity index (χ1v) is 7.62. The number of rotatable bonds is 3. The zero-order valence-electron chi connectivity index (χ0n) is 10.6. The van der Waals surface area contributed by atoms with Gasteiger partial charge in [-0.2, -0.15) is 0 Å². The largest absolute Gasteiger partial charge is 0.380 e. The van der Waals surface area contributed by atoms with Gasteiger partial charge in [-0.05, 0) is 58.5 Å². The minimum atomic E-state index is -0.185. The van der Waals surface area contributed by atoms with E-state index < -0.39 is 0 Å². The lowest BCUT2D eigenvalue weighted by molar-refractivity contribution is 0.374. The summed E-state index contributed by atoms with van der Waals surface area (Å²) in [5.74, 6) is 0.307. The molecule has 0 atom stereocenters. The normalized spacial score (nSPS) is 21.4. The fourth-order valence-corrected chi connectivity index (χ4v) is 2.98. The molecule has 0 amide bonds. The van der Waals surface area contributed by atoms with Gasteiger partial charge in [-0.1, -0.05) is 23.7 Å². The summed E-state index contributed by atoms with van der Waals surface area (Å²) >= 11 is 9.44. The molecule has 5 heteroatoms. The quantitative estimate of drug-likeness (QED) is 0.784. The minimum absolute atomic E-state index is 0.185. The van der Waals surface area contributed by atoms with Gasteiger partial charge in [0.15, 0.2) is 5.15 Å². The van der Waals surface area contributed by atoms with E-state index in [1.54, 1.807) is 6.20 Å². The van der Waals surface area contributed by atoms with Gasteiger partial charge in [-0.25, -0.2) is 9.37 Å². The Morgan fingerprint density at radius 3 is 2.65 bits per heavy atom. The molecule has 1 fully saturated rings. The van der Waals surface area contributed by atoms with Gasteiger partial charge < -0.3 is 5.32 Å². The SMILES string of the molecule is Fc1ccc(C2CC(Nc3cc(Br)cnc3Cl)C2)cc1. The second-order valence-corrected chi connectivity index (χ2v) is 6.33. The number of nitrogens with zero attached hydrogens (tertiary/aromatic N) is 1. The zero-order chi connectivity index (χ0) is 14.1. The number of aromatic nitrogens is 1. The lowest BCUT2D eigenvalue weighted by atomic mass is 9.76. The van der Waals surface area contributed by atoms with Crippen LogP contribution < -0.4 is 5.32 Å². The third kappa shape index (κ3) is 2.96. The predicted octanol–water partition coefficient (Wildman–Crippen LogP) is 4.99. The van der Waals surface area contributed by atoms with Gasteiger partial charge in [0.05, 0.1) is 5.69 Å². The first-order chi connectivity index (χ1) is 9.61. The molecule has 0 saturated heterocycles. The molecule has 20 heavy (non-hydrogen) atoms. The number of pyridine rings is 1. The first-order valence-electron chi connectivity index (χ1n) is 6.45. The number of benzene rings is 1. The fraction of sp³-hybridized carbons (Fsp3) is 0.267. The second kappa shape index (κ2) is 5.70. The third-order valence-corrected chi connectivity index (χ3v) is 4.38. The summed E-state index contributed by atoms with van der Waals surface area (Å²) in [7, 11) is 0. The van der Waals surface area contributed by atoms with Crippen LogP contribution >= 0.6 is 27.5 Å². The van der Waals surface area contributed by atoms with Crippen LogP contribution in [0.1, 0.15) is 24.3 Å². The van der Waals surface area contributed by atoms with E-state index in [2.05, 4.69) is 26.2 Å². The van der Waals surface area contributed by atoms with Crippen LogP contribution in [0.4, 0.5) is 10.1 Å². The lowest BCUT2D eigenvalue weighted by Crippen LogP contribution is -2.34. The molecule has 2 nitrogen and oxygen atoms in total. The minimum Gasteiger partial charge on any atom is -0.380 e. The maximum atomic E-state index is 12.9. The Kier molecular flexibility index (Phi) is 3.94. The number of nitrogens with one attached hydrogen (secondary N) is 1. The van der Waals surface area contributed by atoms with Crippen LogP contribution in [0.2, 0.25) is 5.15 Å². The van der Waals surface area contributed by atoms with Gasteiger partial charge in [-0.3, -0.25) is 0 Å². The van der Waals surface area contributed by atoms with Crippen LogP contribution in [0.25, 0.3) is 0 Å². The smallest absolute Gasteiger partial charge is 0.152 e. The van der Waals surface area contributed by atoms with E-state index >= 15 is 0 Å². The van der Waals surface area contributed by atoms with E-state index in [0.717, 1.165) is 23.0 Å². The molecule has 0 spiro atoms. The van der Waals surface area contributed by atoms with Crippen molar-refractivity contribution in [2.24, 2.45) is 0 Å². The van der Waals surface area contributed by atoms with Crippen molar-refractivity contribution in [3.05, 3.63) is 57.5 Å². The Hall–Kier alpha value is -1.13. The molecule has 1 N–H and O–H groups in total. The molecular formula is C15H13BrClFN2. The number of hydrogen-bond acceptors (Lipinski definition) is 2. The molecule has 1 aliphatic carbocycles. The van der Waals surface area contributed by atoms with Gasteiger partial charge in [0.2, 0.25) is 0 Å². The Bertz CT molecular complexity index is 612. The van der Waals surface area contributed by atoms with E-state index in [9.17, 15) is 4.39 Å². The van der Waals surface area contributed by atoms with Crippen LogP contribution in [0.15, 0.2) is 41.0 Å². The molecule has 1 aliphatic rings. The van der Waals surface area contributed by atoms with E-state index in [-0.39, 0.29) is 5.82 Å². The summed E-state index contributed by atoms with van der Waals surface area (Å²) in [5.41, 5.74) is 2.05. The highest BCUT2D eigenvalue weighted by Crippen LogP contribution is 2.39. The molecule has 0 unspecified atom stereocenters. The maximum Gasteiger partial charge on any atom is 0.152 e. The van der Waals surface area contributed by atoms with Crippen molar-refractivity contribution in [2.75, 3.05) is 5.32 Å². The van der Waals surface area contributed by atoms with Crippen molar-refractivity contribution in [2.45, 2.75) is 24.8 Å². The number of anilines is 1. The number of hydrogen-bond donors (Lipinski definition) is 1. The maximum absolute atomic E-state index is 12.9. The molecule has 104 valence electrons. The van der Waals surface area contributed by atoms with Crippen molar-refractivity contribution in [1.29, 1.82) is 0 Å². The molecule has 3 rings (SSSR count). The standard InChI is InChI=1S/C15H13BrClFN2/c16-11-7-14(15(17)19-8-11)20-13-5-10(6-13)9-1-3-12(18)4-2-9/h1-4,7-8,10,13,20H,5-6H2. The van der Waals surface area contributed by atoms with Gasteiger partial charge in [0, 0.05) is 16.7 Å². The van der Waals surface area contributed by atoms with E-state index in [0.29, 0.717) is 17.1 Å².